The zero-order valence-corrected chi connectivity index (χ0v) is 16.3. The molecule has 4 nitrogen and oxygen atoms in total. The minimum Gasteiger partial charge on any atom is -0.296 e. The largest absolute Gasteiger partial charge is 0.296 e. The van der Waals surface area contributed by atoms with Crippen molar-refractivity contribution < 1.29 is 8.42 Å². The van der Waals surface area contributed by atoms with Crippen LogP contribution < -0.4 is 0 Å². The first-order valence-electron chi connectivity index (χ1n) is 8.10. The average molecular weight is 399 g/mol. The highest BCUT2D eigenvalue weighted by atomic mass is 35.5. The van der Waals surface area contributed by atoms with Gasteiger partial charge in [0, 0.05) is 32.7 Å². The molecule has 0 radical (unpaired) electrons. The fraction of sp³-hybridized carbons (Fsp3) is 0.333. The number of hydrogen-bond donors (Lipinski definition) is 0. The first-order valence-corrected chi connectivity index (χ1v) is 10.3. The second-order valence-corrected chi connectivity index (χ2v) is 8.91. The monoisotopic (exact) mass is 398 g/mol. The molecule has 2 aromatic carbocycles. The van der Waals surface area contributed by atoms with Gasteiger partial charge in [-0.3, -0.25) is 4.90 Å². The van der Waals surface area contributed by atoms with E-state index in [0.717, 1.165) is 6.54 Å². The lowest BCUT2D eigenvalue weighted by Crippen LogP contribution is -2.48. The van der Waals surface area contributed by atoms with E-state index in [1.807, 2.05) is 0 Å². The van der Waals surface area contributed by atoms with Gasteiger partial charge >= 0.3 is 0 Å². The lowest BCUT2D eigenvalue weighted by atomic mass is 10.1. The van der Waals surface area contributed by atoms with Crippen LogP contribution in [0, 0.1) is 6.92 Å². The first kappa shape index (κ1) is 18.7. The van der Waals surface area contributed by atoms with Crippen molar-refractivity contribution in [3.63, 3.8) is 0 Å². The van der Waals surface area contributed by atoms with E-state index in [2.05, 4.69) is 36.1 Å². The Morgan fingerprint density at radius 1 is 0.960 bits per heavy atom. The normalized spacial score (nSPS) is 16.9. The molecule has 1 heterocycles. The molecule has 2 aromatic rings. The summed E-state index contributed by atoms with van der Waals surface area (Å²) in [5.74, 6) is 0. The Hall–Kier alpha value is -1.11. The Bertz CT molecular complexity index is 846. The Morgan fingerprint density at radius 2 is 1.60 bits per heavy atom. The highest BCUT2D eigenvalue weighted by Gasteiger charge is 2.30. The summed E-state index contributed by atoms with van der Waals surface area (Å²) in [6.07, 6.45) is 0. The first-order chi connectivity index (χ1) is 11.9. The van der Waals surface area contributed by atoms with Crippen molar-refractivity contribution >= 4 is 33.2 Å². The van der Waals surface area contributed by atoms with Crippen LogP contribution in [0.25, 0.3) is 0 Å². The van der Waals surface area contributed by atoms with Gasteiger partial charge in [0.25, 0.3) is 0 Å². The highest BCUT2D eigenvalue weighted by molar-refractivity contribution is 7.89. The number of sulfonamides is 1. The van der Waals surface area contributed by atoms with E-state index in [1.165, 1.54) is 21.5 Å². The van der Waals surface area contributed by atoms with Crippen LogP contribution in [0.15, 0.2) is 47.4 Å². The summed E-state index contributed by atoms with van der Waals surface area (Å²) in [5.41, 5.74) is 2.47. The van der Waals surface area contributed by atoms with Crippen LogP contribution in [0.4, 0.5) is 0 Å². The van der Waals surface area contributed by atoms with Crippen LogP contribution in [-0.4, -0.2) is 43.8 Å². The van der Waals surface area contributed by atoms with E-state index in [1.54, 1.807) is 12.1 Å². The molecule has 0 spiro atoms. The molecule has 134 valence electrons. The molecule has 0 saturated carbocycles. The van der Waals surface area contributed by atoms with Crippen LogP contribution in [0.3, 0.4) is 0 Å². The minimum atomic E-state index is -3.63. The molecule has 7 heteroatoms. The SMILES string of the molecule is Cc1ccc(CN2CCN(S(=O)(=O)c3cccc(Cl)c3Cl)CC2)cc1. The number of piperazine rings is 1. The van der Waals surface area contributed by atoms with Gasteiger partial charge in [-0.2, -0.15) is 4.31 Å². The third-order valence-corrected chi connectivity index (χ3v) is 7.26. The standard InChI is InChI=1S/C18H20Cl2N2O2S/c1-14-5-7-15(8-6-14)13-21-9-11-22(12-10-21)25(23,24)17-4-2-3-16(19)18(17)20/h2-8H,9-13H2,1H3. The molecule has 3 rings (SSSR count). The quantitative estimate of drug-likeness (QED) is 0.785. The molecule has 0 amide bonds. The van der Waals surface area contributed by atoms with Crippen molar-refractivity contribution in [1.82, 2.24) is 9.21 Å². The lowest BCUT2D eigenvalue weighted by Gasteiger charge is -2.34. The summed E-state index contributed by atoms with van der Waals surface area (Å²) in [5, 5.41) is 0.340. The summed E-state index contributed by atoms with van der Waals surface area (Å²) < 4.78 is 27.1. The van der Waals surface area contributed by atoms with Gasteiger partial charge in [-0.25, -0.2) is 8.42 Å². The lowest BCUT2D eigenvalue weighted by molar-refractivity contribution is 0.181. The molecule has 1 saturated heterocycles. The van der Waals surface area contributed by atoms with E-state index in [4.69, 9.17) is 23.2 Å². The molecule has 1 aliphatic rings. The predicted octanol–water partition coefficient (Wildman–Crippen LogP) is 3.81. The number of aryl methyl sites for hydroxylation is 1. The van der Waals surface area contributed by atoms with Gasteiger partial charge in [0.05, 0.1) is 10.0 Å². The van der Waals surface area contributed by atoms with Crippen LogP contribution in [-0.2, 0) is 16.6 Å². The number of nitrogens with zero attached hydrogens (tertiary/aromatic N) is 2. The predicted molar refractivity (Wildman–Crippen MR) is 102 cm³/mol. The molecule has 0 N–H and O–H groups in total. The van der Waals surface area contributed by atoms with E-state index in [9.17, 15) is 8.42 Å². The van der Waals surface area contributed by atoms with Crippen molar-refractivity contribution in [3.8, 4) is 0 Å². The zero-order valence-electron chi connectivity index (χ0n) is 14.0. The molecule has 0 unspecified atom stereocenters. The fourth-order valence-electron chi connectivity index (χ4n) is 2.90. The summed E-state index contributed by atoms with van der Waals surface area (Å²) in [7, 11) is -3.63. The highest BCUT2D eigenvalue weighted by Crippen LogP contribution is 2.31. The molecule has 1 aliphatic heterocycles. The number of benzene rings is 2. The smallest absolute Gasteiger partial charge is 0.244 e. The summed E-state index contributed by atoms with van der Waals surface area (Å²) in [6.45, 7) is 5.14. The number of rotatable bonds is 4. The van der Waals surface area contributed by atoms with Gasteiger partial charge in [-0.1, -0.05) is 59.1 Å². The molecule has 25 heavy (non-hydrogen) atoms. The third kappa shape index (κ3) is 4.18. The van der Waals surface area contributed by atoms with E-state index < -0.39 is 10.0 Å². The summed E-state index contributed by atoms with van der Waals surface area (Å²) in [4.78, 5) is 2.34. The van der Waals surface area contributed by atoms with Gasteiger partial charge in [-0.15, -0.1) is 0 Å². The van der Waals surface area contributed by atoms with Gasteiger partial charge in [0.1, 0.15) is 4.90 Å². The molecule has 0 aromatic heterocycles. The van der Waals surface area contributed by atoms with Gasteiger partial charge in [0.2, 0.25) is 10.0 Å². The van der Waals surface area contributed by atoms with Crippen molar-refractivity contribution in [2.75, 3.05) is 26.2 Å². The van der Waals surface area contributed by atoms with Crippen LogP contribution in [0.1, 0.15) is 11.1 Å². The Labute approximate surface area is 159 Å². The molecule has 0 bridgehead atoms. The maximum atomic E-state index is 12.8. The Balaban J connectivity index is 1.67. The van der Waals surface area contributed by atoms with Gasteiger partial charge in [0.15, 0.2) is 0 Å². The van der Waals surface area contributed by atoms with Crippen LogP contribution in [0.5, 0.6) is 0 Å². The Kier molecular flexibility index (Phi) is 5.71. The molecule has 0 aliphatic carbocycles. The summed E-state index contributed by atoms with van der Waals surface area (Å²) >= 11 is 12.1. The minimum absolute atomic E-state index is 0.0775. The fourth-order valence-corrected chi connectivity index (χ4v) is 5.06. The number of hydrogen-bond acceptors (Lipinski definition) is 3. The van der Waals surface area contributed by atoms with Crippen LogP contribution >= 0.6 is 23.2 Å². The second-order valence-electron chi connectivity index (χ2n) is 6.22. The summed E-state index contributed by atoms with van der Waals surface area (Å²) in [6, 6.07) is 13.1. The molecule has 1 fully saturated rings. The van der Waals surface area contributed by atoms with Crippen molar-refractivity contribution in [2.45, 2.75) is 18.4 Å². The maximum Gasteiger partial charge on any atom is 0.244 e. The maximum absolute atomic E-state index is 12.8. The van der Waals surface area contributed by atoms with Crippen molar-refractivity contribution in [1.29, 1.82) is 0 Å². The van der Waals surface area contributed by atoms with Gasteiger partial charge in [-0.05, 0) is 24.6 Å². The zero-order chi connectivity index (χ0) is 18.0. The van der Waals surface area contributed by atoms with Crippen LogP contribution in [0.2, 0.25) is 10.0 Å². The topological polar surface area (TPSA) is 40.6 Å². The molecular weight excluding hydrogens is 379 g/mol. The van der Waals surface area contributed by atoms with E-state index >= 15 is 0 Å². The third-order valence-electron chi connectivity index (χ3n) is 4.39. The average Bonchev–Trinajstić information content (AvgIpc) is 2.60. The Morgan fingerprint density at radius 3 is 2.24 bits per heavy atom. The van der Waals surface area contributed by atoms with Crippen molar-refractivity contribution in [2.24, 2.45) is 0 Å². The molecular formula is C18H20Cl2N2O2S. The number of halogens is 2. The van der Waals surface area contributed by atoms with Crippen molar-refractivity contribution in [3.05, 3.63) is 63.6 Å². The van der Waals surface area contributed by atoms with E-state index in [-0.39, 0.29) is 14.9 Å². The second kappa shape index (κ2) is 7.64. The molecule has 0 atom stereocenters. The van der Waals surface area contributed by atoms with E-state index in [0.29, 0.717) is 26.2 Å². The van der Waals surface area contributed by atoms with Gasteiger partial charge < -0.3 is 0 Å².